The summed E-state index contributed by atoms with van der Waals surface area (Å²) in [6.45, 7) is 5.07. The lowest BCUT2D eigenvalue weighted by molar-refractivity contribution is 0.0690. The Labute approximate surface area is 209 Å². The molecule has 2 fully saturated rings. The normalized spacial score (nSPS) is 20.3. The fourth-order valence-corrected chi connectivity index (χ4v) is 5.95. The first-order chi connectivity index (χ1) is 16.9. The number of hydrogen-bond acceptors (Lipinski definition) is 6. The second-order valence-corrected chi connectivity index (χ2v) is 10.4. The van der Waals surface area contributed by atoms with Crippen LogP contribution in [0.1, 0.15) is 37.8 Å². The van der Waals surface area contributed by atoms with Crippen molar-refractivity contribution in [3.05, 3.63) is 64.3 Å². The molecule has 5 rings (SSSR count). The highest BCUT2D eigenvalue weighted by molar-refractivity contribution is 7.15. The number of fused-ring (bicyclic) bond motifs is 1. The average molecular weight is 492 g/mol. The van der Waals surface area contributed by atoms with Gasteiger partial charge in [0, 0.05) is 13.1 Å². The molecule has 1 aromatic heterocycles. The van der Waals surface area contributed by atoms with Crippen LogP contribution < -0.4 is 14.8 Å². The molecule has 0 radical (unpaired) electrons. The van der Waals surface area contributed by atoms with Crippen LogP contribution in [0.15, 0.2) is 42.5 Å². The lowest BCUT2D eigenvalue weighted by Gasteiger charge is -2.27. The maximum atomic E-state index is 13.7. The molecule has 2 aliphatic rings. The van der Waals surface area contributed by atoms with Gasteiger partial charge in [0.25, 0.3) is 11.8 Å². The number of rotatable bonds is 7. The summed E-state index contributed by atoms with van der Waals surface area (Å²) in [5, 5.41) is 3.90. The second-order valence-electron chi connectivity index (χ2n) is 9.24. The van der Waals surface area contributed by atoms with E-state index in [0.717, 1.165) is 27.4 Å². The smallest absolute Gasteiger partial charge is 0.274 e. The van der Waals surface area contributed by atoms with Crippen LogP contribution in [0.5, 0.6) is 11.5 Å². The molecular formula is C27H29N3O4S. The fraction of sp³-hybridized carbons (Fsp3) is 0.370. The SMILES string of the molecule is COc1ccc(OC)c(C(=O)NCC2C3CC3CN2C(=O)c2nc(C)sc2-c2cccc(C)c2)c1. The van der Waals surface area contributed by atoms with Gasteiger partial charge in [-0.2, -0.15) is 0 Å². The number of thiazole rings is 1. The van der Waals surface area contributed by atoms with Gasteiger partial charge in [-0.25, -0.2) is 4.98 Å². The number of piperidine rings is 1. The van der Waals surface area contributed by atoms with Crippen molar-refractivity contribution in [3.8, 4) is 21.9 Å². The topological polar surface area (TPSA) is 80.8 Å². The largest absolute Gasteiger partial charge is 0.497 e. The van der Waals surface area contributed by atoms with E-state index >= 15 is 0 Å². The van der Waals surface area contributed by atoms with Gasteiger partial charge in [-0.3, -0.25) is 9.59 Å². The molecule has 0 spiro atoms. The number of nitrogens with one attached hydrogen (secondary N) is 1. The molecule has 3 atom stereocenters. The number of likely N-dealkylation sites (tertiary alicyclic amines) is 1. The van der Waals surface area contributed by atoms with E-state index in [1.807, 2.05) is 36.9 Å². The standard InChI is InChI=1S/C27H29N3O4S/c1-15-6-5-7-17(10-15)25-24(29-16(2)35-25)27(32)30-14-18-11-20(18)22(30)13-28-26(31)21-12-19(33-3)8-9-23(21)34-4/h5-10,12,18,20,22H,11,13-14H2,1-4H3,(H,28,31). The molecule has 0 bridgehead atoms. The van der Waals surface area contributed by atoms with Crippen LogP contribution >= 0.6 is 11.3 Å². The van der Waals surface area contributed by atoms with Crippen LogP contribution in [0.4, 0.5) is 0 Å². The Bertz CT molecular complexity index is 1290. The summed E-state index contributed by atoms with van der Waals surface area (Å²) in [6.07, 6.45) is 1.09. The number of carbonyl (C=O) groups is 2. The van der Waals surface area contributed by atoms with Crippen LogP contribution in [0.3, 0.4) is 0 Å². The van der Waals surface area contributed by atoms with Crippen molar-refractivity contribution in [2.24, 2.45) is 11.8 Å². The van der Waals surface area contributed by atoms with E-state index in [0.29, 0.717) is 47.7 Å². The monoisotopic (exact) mass is 491 g/mol. The third-order valence-corrected chi connectivity index (χ3v) is 7.92. The third-order valence-electron chi connectivity index (χ3n) is 6.90. The van der Waals surface area contributed by atoms with Crippen molar-refractivity contribution in [3.63, 3.8) is 0 Å². The highest BCUT2D eigenvalue weighted by Crippen LogP contribution is 2.50. The van der Waals surface area contributed by atoms with Crippen LogP contribution in [0, 0.1) is 25.7 Å². The molecule has 3 aromatic rings. The van der Waals surface area contributed by atoms with E-state index in [4.69, 9.17) is 9.47 Å². The van der Waals surface area contributed by atoms with Crippen molar-refractivity contribution in [1.82, 2.24) is 15.2 Å². The zero-order valence-electron chi connectivity index (χ0n) is 20.3. The van der Waals surface area contributed by atoms with Gasteiger partial charge in [0.2, 0.25) is 0 Å². The van der Waals surface area contributed by atoms with Crippen molar-refractivity contribution < 1.29 is 19.1 Å². The number of methoxy groups -OCH3 is 2. The van der Waals surface area contributed by atoms with Crippen LogP contribution in [-0.2, 0) is 0 Å². The molecule has 3 unspecified atom stereocenters. The molecule has 2 heterocycles. The number of hydrogen-bond donors (Lipinski definition) is 1. The van der Waals surface area contributed by atoms with E-state index in [1.165, 1.54) is 7.11 Å². The van der Waals surface area contributed by atoms with Gasteiger partial charge in [-0.05, 0) is 55.9 Å². The highest BCUT2D eigenvalue weighted by atomic mass is 32.1. The zero-order chi connectivity index (χ0) is 24.7. The Hall–Kier alpha value is -3.39. The molecule has 7 nitrogen and oxygen atoms in total. The van der Waals surface area contributed by atoms with Crippen molar-refractivity contribution in [2.75, 3.05) is 27.3 Å². The van der Waals surface area contributed by atoms with Gasteiger partial charge in [0.15, 0.2) is 0 Å². The number of ether oxygens (including phenoxy) is 2. The number of benzene rings is 2. The first-order valence-electron chi connectivity index (χ1n) is 11.7. The molecule has 2 aromatic carbocycles. The molecular weight excluding hydrogens is 462 g/mol. The second kappa shape index (κ2) is 9.34. The Morgan fingerprint density at radius 1 is 1.14 bits per heavy atom. The van der Waals surface area contributed by atoms with Crippen LogP contribution in [-0.4, -0.2) is 55.0 Å². The van der Waals surface area contributed by atoms with Crippen molar-refractivity contribution in [2.45, 2.75) is 26.3 Å². The van der Waals surface area contributed by atoms with Gasteiger partial charge >= 0.3 is 0 Å². The van der Waals surface area contributed by atoms with Gasteiger partial charge in [-0.1, -0.05) is 29.8 Å². The highest BCUT2D eigenvalue weighted by Gasteiger charge is 2.54. The lowest BCUT2D eigenvalue weighted by Crippen LogP contribution is -2.45. The molecule has 1 saturated heterocycles. The molecule has 1 aliphatic heterocycles. The third kappa shape index (κ3) is 4.50. The van der Waals surface area contributed by atoms with E-state index in [-0.39, 0.29) is 17.9 Å². The Balaban J connectivity index is 1.35. The minimum atomic E-state index is -0.248. The number of aromatic nitrogens is 1. The van der Waals surface area contributed by atoms with Gasteiger partial charge in [-0.15, -0.1) is 11.3 Å². The number of aryl methyl sites for hydroxylation is 2. The summed E-state index contributed by atoms with van der Waals surface area (Å²) in [7, 11) is 3.09. The zero-order valence-corrected chi connectivity index (χ0v) is 21.1. The number of amides is 2. The lowest BCUT2D eigenvalue weighted by atomic mass is 10.1. The fourth-order valence-electron chi connectivity index (χ4n) is 5.04. The maximum absolute atomic E-state index is 13.7. The van der Waals surface area contributed by atoms with Crippen LogP contribution in [0.2, 0.25) is 0 Å². The summed E-state index contributed by atoms with van der Waals surface area (Å²) in [4.78, 5) is 34.2. The van der Waals surface area contributed by atoms with E-state index < -0.39 is 0 Å². The van der Waals surface area contributed by atoms with Crippen molar-refractivity contribution >= 4 is 23.2 Å². The molecule has 35 heavy (non-hydrogen) atoms. The minimum Gasteiger partial charge on any atom is -0.497 e. The summed E-state index contributed by atoms with van der Waals surface area (Å²) in [5.41, 5.74) is 3.07. The average Bonchev–Trinajstić information content (AvgIpc) is 3.38. The van der Waals surface area contributed by atoms with Crippen LogP contribution in [0.25, 0.3) is 10.4 Å². The predicted octanol–water partition coefficient (Wildman–Crippen LogP) is 4.33. The molecule has 8 heteroatoms. The summed E-state index contributed by atoms with van der Waals surface area (Å²) in [5.74, 6) is 1.66. The summed E-state index contributed by atoms with van der Waals surface area (Å²) >= 11 is 1.55. The summed E-state index contributed by atoms with van der Waals surface area (Å²) in [6, 6.07) is 13.2. The van der Waals surface area contributed by atoms with Gasteiger partial charge in [0.05, 0.1) is 35.7 Å². The molecule has 1 saturated carbocycles. The van der Waals surface area contributed by atoms with Crippen molar-refractivity contribution in [1.29, 1.82) is 0 Å². The number of nitrogens with zero attached hydrogens (tertiary/aromatic N) is 2. The first kappa shape index (κ1) is 23.4. The molecule has 1 aliphatic carbocycles. The first-order valence-corrected chi connectivity index (χ1v) is 12.6. The Kier molecular flexibility index (Phi) is 6.23. The molecule has 182 valence electrons. The predicted molar refractivity (Wildman–Crippen MR) is 135 cm³/mol. The summed E-state index contributed by atoms with van der Waals surface area (Å²) < 4.78 is 10.6. The maximum Gasteiger partial charge on any atom is 0.274 e. The number of carbonyl (C=O) groups excluding carboxylic acids is 2. The van der Waals surface area contributed by atoms with E-state index in [9.17, 15) is 9.59 Å². The Morgan fingerprint density at radius 3 is 2.71 bits per heavy atom. The van der Waals surface area contributed by atoms with E-state index in [1.54, 1.807) is 36.6 Å². The van der Waals surface area contributed by atoms with Gasteiger partial charge < -0.3 is 19.7 Å². The minimum absolute atomic E-state index is 0.0552. The molecule has 2 amide bonds. The quantitative estimate of drug-likeness (QED) is 0.532. The van der Waals surface area contributed by atoms with Gasteiger partial charge in [0.1, 0.15) is 17.2 Å². The molecule has 1 N–H and O–H groups in total. The Morgan fingerprint density at radius 2 is 1.97 bits per heavy atom. The van der Waals surface area contributed by atoms with E-state index in [2.05, 4.69) is 16.4 Å².